The number of rotatable bonds is 11. The quantitative estimate of drug-likeness (QED) is 0.223. The molecule has 55 heavy (non-hydrogen) atoms. The first-order valence-electron chi connectivity index (χ1n) is 19.2. The van der Waals surface area contributed by atoms with Crippen LogP contribution in [0.5, 0.6) is 5.75 Å². The van der Waals surface area contributed by atoms with Gasteiger partial charge in [-0.05, 0) is 93.8 Å². The lowest BCUT2D eigenvalue weighted by Crippen LogP contribution is -2.70. The van der Waals surface area contributed by atoms with E-state index in [1.807, 2.05) is 34.1 Å². The highest BCUT2D eigenvalue weighted by atomic mass is 79.9. The van der Waals surface area contributed by atoms with Crippen molar-refractivity contribution in [1.29, 1.82) is 0 Å². The van der Waals surface area contributed by atoms with Crippen molar-refractivity contribution in [2.24, 2.45) is 0 Å². The Morgan fingerprint density at radius 1 is 0.927 bits per heavy atom. The number of aldehydes is 1. The molecule has 14 nitrogen and oxygen atoms in total. The van der Waals surface area contributed by atoms with E-state index in [1.165, 1.54) is 0 Å². The van der Waals surface area contributed by atoms with E-state index >= 15 is 0 Å². The molecule has 0 saturated carbocycles. The number of ether oxygens (including phenoxy) is 2. The number of piperidine rings is 2. The van der Waals surface area contributed by atoms with Crippen LogP contribution in [0.4, 0.5) is 15.3 Å². The summed E-state index contributed by atoms with van der Waals surface area (Å²) in [5, 5.41) is 13.3. The summed E-state index contributed by atoms with van der Waals surface area (Å²) in [5.74, 6) is -0.346. The topological polar surface area (TPSA) is 152 Å². The fraction of sp³-hybridized carbons (Fsp3) is 0.564. The number of halogens is 2. The van der Waals surface area contributed by atoms with Crippen molar-refractivity contribution < 1.29 is 38.6 Å². The first kappa shape index (κ1) is 40.9. The zero-order valence-electron chi connectivity index (χ0n) is 31.2. The van der Waals surface area contributed by atoms with Gasteiger partial charge in [-0.15, -0.1) is 0 Å². The lowest BCUT2D eigenvalue weighted by atomic mass is 9.84. The maximum absolute atomic E-state index is 14.1. The van der Waals surface area contributed by atoms with Gasteiger partial charge in [0.1, 0.15) is 24.3 Å². The van der Waals surface area contributed by atoms with Crippen molar-refractivity contribution in [3.63, 3.8) is 0 Å². The Labute approximate surface area is 338 Å². The van der Waals surface area contributed by atoms with Crippen LogP contribution in [0.1, 0.15) is 63.0 Å². The number of hydrogen-bond acceptors (Lipinski definition) is 10. The zero-order valence-corrected chi connectivity index (χ0v) is 34.4. The molecule has 16 heteroatoms. The average Bonchev–Trinajstić information content (AvgIpc) is 3.36. The Morgan fingerprint density at radius 2 is 1.62 bits per heavy atom. The van der Waals surface area contributed by atoms with Crippen molar-refractivity contribution >= 4 is 67.8 Å². The molecule has 0 aliphatic carbocycles. The number of aromatic hydroxyl groups is 1. The van der Waals surface area contributed by atoms with Crippen LogP contribution in [0.25, 0.3) is 0 Å². The molecule has 4 aliphatic heterocycles. The number of para-hydroxylation sites is 1. The van der Waals surface area contributed by atoms with E-state index in [-0.39, 0.29) is 61.6 Å². The second-order valence-corrected chi connectivity index (χ2v) is 16.3. The van der Waals surface area contributed by atoms with Gasteiger partial charge in [0.25, 0.3) is 0 Å². The highest BCUT2D eigenvalue weighted by Crippen LogP contribution is 2.40. The molecule has 4 aliphatic rings. The fourth-order valence-electron chi connectivity index (χ4n) is 8.61. The van der Waals surface area contributed by atoms with Gasteiger partial charge in [0.05, 0.1) is 22.0 Å². The molecule has 4 heterocycles. The van der Waals surface area contributed by atoms with Crippen LogP contribution < -0.4 is 5.32 Å². The summed E-state index contributed by atoms with van der Waals surface area (Å²) < 4.78 is 11.8. The van der Waals surface area contributed by atoms with Crippen LogP contribution >= 0.6 is 31.9 Å². The van der Waals surface area contributed by atoms with Crippen molar-refractivity contribution in [3.05, 3.63) is 56.5 Å². The molecular formula is C39H50Br2N6O8. The third-order valence-electron chi connectivity index (χ3n) is 11.5. The van der Waals surface area contributed by atoms with Crippen LogP contribution in [-0.2, 0) is 36.9 Å². The highest BCUT2D eigenvalue weighted by molar-refractivity contribution is 9.11. The number of amides is 4. The predicted molar refractivity (Wildman–Crippen MR) is 211 cm³/mol. The Bertz CT molecular complexity index is 1710. The molecule has 0 radical (unpaired) electrons. The Balaban J connectivity index is 1.16. The van der Waals surface area contributed by atoms with E-state index in [0.29, 0.717) is 79.6 Å². The second-order valence-electron chi connectivity index (χ2n) is 14.6. The summed E-state index contributed by atoms with van der Waals surface area (Å²) in [6, 6.07) is 11.0. The van der Waals surface area contributed by atoms with Crippen LogP contribution in [0.15, 0.2) is 45.3 Å². The van der Waals surface area contributed by atoms with Crippen LogP contribution in [-0.4, -0.2) is 137 Å². The average molecular weight is 891 g/mol. The molecule has 6 rings (SSSR count). The lowest BCUT2D eigenvalue weighted by Gasteiger charge is -2.57. The predicted octanol–water partition coefficient (Wildman–Crippen LogP) is 5.35. The summed E-state index contributed by atoms with van der Waals surface area (Å²) in [6.45, 7) is 6.71. The monoisotopic (exact) mass is 888 g/mol. The highest BCUT2D eigenvalue weighted by Gasteiger charge is 2.52. The lowest BCUT2D eigenvalue weighted by molar-refractivity contribution is -0.146. The number of hydrogen-bond donors (Lipinski definition) is 2. The fourth-order valence-corrected chi connectivity index (χ4v) is 9.89. The minimum atomic E-state index is -1.02. The third-order valence-corrected chi connectivity index (χ3v) is 12.7. The number of carbonyl (C=O) groups excluding carboxylic acids is 5. The maximum Gasteiger partial charge on any atom is 0.411 e. The van der Waals surface area contributed by atoms with E-state index in [2.05, 4.69) is 47.0 Å². The van der Waals surface area contributed by atoms with E-state index in [4.69, 9.17) is 9.47 Å². The van der Waals surface area contributed by atoms with E-state index in [9.17, 15) is 29.1 Å². The third kappa shape index (κ3) is 9.46. The molecule has 3 fully saturated rings. The standard InChI is InChI=1S/C39H50Br2N6O8/c1-2-54-35(50)8-7-34(49)44-20-18-43(19-21-44)29-10-14-45(15-11-29)39(13-22-48)25-30(46-16-9-28-5-3-4-6-33(28)42-37(46)52)12-17-47(39)38(53)55-26-27-23-31(40)36(51)32(41)24-27/h3-6,22-24,29-30,51H,2,7-21,25-26H2,1H3,(H,42,52)/t30-,39+/m1/s1. The number of carbonyl (C=O) groups is 5. The number of nitrogens with zero attached hydrogens (tertiary/aromatic N) is 5. The van der Waals surface area contributed by atoms with E-state index in [0.717, 1.165) is 43.5 Å². The summed E-state index contributed by atoms with van der Waals surface area (Å²) in [4.78, 5) is 75.1. The van der Waals surface area contributed by atoms with E-state index in [1.54, 1.807) is 24.0 Å². The number of urea groups is 1. The Kier molecular flexibility index (Phi) is 13.7. The number of likely N-dealkylation sites (tertiary alicyclic amines) is 2. The van der Waals surface area contributed by atoms with Gasteiger partial charge in [-0.1, -0.05) is 18.2 Å². The Hall–Kier alpha value is -3.73. The number of piperazine rings is 1. The SMILES string of the molecule is CCOC(=O)CCC(=O)N1CCN(C2CCN([C@]3(CC=O)C[C@H](N4CCc5ccccc5NC4=O)CCN3C(=O)OCc3cc(Br)c(O)c(Br)c3)CC2)CC1. The molecule has 2 aromatic rings. The largest absolute Gasteiger partial charge is 0.506 e. The molecule has 3 saturated heterocycles. The molecule has 0 spiro atoms. The molecule has 2 N–H and O–H groups in total. The van der Waals surface area contributed by atoms with Crippen molar-refractivity contribution in [2.75, 3.05) is 64.3 Å². The smallest absolute Gasteiger partial charge is 0.411 e. The number of nitrogens with one attached hydrogen (secondary N) is 1. The number of benzene rings is 2. The molecule has 2 atom stereocenters. The zero-order chi connectivity index (χ0) is 39.1. The van der Waals surface area contributed by atoms with Crippen molar-refractivity contribution in [3.8, 4) is 5.75 Å². The van der Waals surface area contributed by atoms with Gasteiger partial charge < -0.3 is 34.5 Å². The number of esters is 1. The minimum Gasteiger partial charge on any atom is -0.506 e. The number of phenols is 1. The summed E-state index contributed by atoms with van der Waals surface area (Å²) >= 11 is 6.69. The summed E-state index contributed by atoms with van der Waals surface area (Å²) in [7, 11) is 0. The van der Waals surface area contributed by atoms with Crippen LogP contribution in [0.2, 0.25) is 0 Å². The van der Waals surface area contributed by atoms with Gasteiger partial charge >= 0.3 is 18.1 Å². The molecule has 0 bridgehead atoms. The molecule has 4 amide bonds. The van der Waals surface area contributed by atoms with Crippen molar-refractivity contribution in [2.45, 2.75) is 82.6 Å². The van der Waals surface area contributed by atoms with Gasteiger partial charge in [-0.3, -0.25) is 24.3 Å². The van der Waals surface area contributed by atoms with Crippen LogP contribution in [0.3, 0.4) is 0 Å². The van der Waals surface area contributed by atoms with Gasteiger partial charge in [-0.25, -0.2) is 9.59 Å². The Morgan fingerprint density at radius 3 is 2.31 bits per heavy atom. The number of anilines is 1. The first-order chi connectivity index (χ1) is 26.5. The summed E-state index contributed by atoms with van der Waals surface area (Å²) in [5.41, 5.74) is 1.51. The number of phenolic OH excluding ortho intramolecular Hbond substituents is 1. The first-order valence-corrected chi connectivity index (χ1v) is 20.7. The minimum absolute atomic E-state index is 0.0372. The van der Waals surface area contributed by atoms with Gasteiger partial charge in [0, 0.05) is 89.4 Å². The molecule has 298 valence electrons. The molecule has 0 aromatic heterocycles. The maximum atomic E-state index is 14.1. The van der Waals surface area contributed by atoms with Crippen molar-refractivity contribution in [1.82, 2.24) is 24.5 Å². The molecule has 0 unspecified atom stereocenters. The van der Waals surface area contributed by atoms with Gasteiger partial charge in [0.2, 0.25) is 5.91 Å². The second kappa shape index (κ2) is 18.5. The van der Waals surface area contributed by atoms with E-state index < -0.39 is 11.8 Å². The van der Waals surface area contributed by atoms with Gasteiger partial charge in [-0.2, -0.15) is 0 Å². The van der Waals surface area contributed by atoms with Crippen LogP contribution in [0, 0.1) is 0 Å². The molecular weight excluding hydrogens is 840 g/mol. The summed E-state index contributed by atoms with van der Waals surface area (Å²) in [6.07, 6.45) is 3.83. The normalized spacial score (nSPS) is 22.7. The molecule has 2 aromatic carbocycles. The number of fused-ring (bicyclic) bond motifs is 1. The van der Waals surface area contributed by atoms with Gasteiger partial charge in [0.15, 0.2) is 0 Å².